The van der Waals surface area contributed by atoms with Gasteiger partial charge in [-0.1, -0.05) is 54.6 Å². The molecular weight excluding hydrogens is 544 g/mol. The Balaban J connectivity index is 1.05. The van der Waals surface area contributed by atoms with Gasteiger partial charge >= 0.3 is 0 Å². The maximum Gasteiger partial charge on any atom is 0.253 e. The van der Waals surface area contributed by atoms with Crippen LogP contribution >= 0.6 is 0 Å². The molecule has 1 N–H and O–H groups in total. The van der Waals surface area contributed by atoms with Crippen LogP contribution in [0.15, 0.2) is 91.0 Å². The summed E-state index contributed by atoms with van der Waals surface area (Å²) in [7, 11) is 0. The summed E-state index contributed by atoms with van der Waals surface area (Å²) in [6.45, 7) is 1.66. The molecule has 2 saturated heterocycles. The summed E-state index contributed by atoms with van der Waals surface area (Å²) in [6, 6.07) is 29.2. The molecule has 3 amide bonds. The minimum Gasteiger partial charge on any atom is -0.454 e. The van der Waals surface area contributed by atoms with Gasteiger partial charge in [-0.25, -0.2) is 0 Å². The molecule has 3 aliphatic rings. The third kappa shape index (κ3) is 5.01. The van der Waals surface area contributed by atoms with E-state index < -0.39 is 5.54 Å². The highest BCUT2D eigenvalue weighted by atomic mass is 16.7. The average molecular weight is 577 g/mol. The number of rotatable bonds is 6. The number of benzene rings is 4. The molecule has 0 unspecified atom stereocenters. The molecule has 0 saturated carbocycles. The Morgan fingerprint density at radius 1 is 0.814 bits per heavy atom. The Morgan fingerprint density at radius 2 is 1.56 bits per heavy atom. The zero-order valence-corrected chi connectivity index (χ0v) is 23.7. The second-order valence-electron chi connectivity index (χ2n) is 11.3. The van der Waals surface area contributed by atoms with Crippen molar-refractivity contribution in [3.05, 3.63) is 102 Å². The Kier molecular flexibility index (Phi) is 6.85. The largest absolute Gasteiger partial charge is 0.454 e. The molecule has 1 spiro atoms. The van der Waals surface area contributed by atoms with E-state index in [1.54, 1.807) is 4.90 Å². The van der Waals surface area contributed by atoms with Gasteiger partial charge in [0.05, 0.1) is 6.67 Å². The molecule has 3 aliphatic heterocycles. The van der Waals surface area contributed by atoms with E-state index in [0.29, 0.717) is 56.2 Å². The van der Waals surface area contributed by atoms with Crippen LogP contribution in [0, 0.1) is 0 Å². The van der Waals surface area contributed by atoms with E-state index in [1.165, 1.54) is 0 Å². The van der Waals surface area contributed by atoms with Crippen molar-refractivity contribution in [1.29, 1.82) is 0 Å². The zero-order chi connectivity index (χ0) is 29.4. The number of amides is 3. The van der Waals surface area contributed by atoms with E-state index in [0.717, 1.165) is 22.0 Å². The molecule has 0 bridgehead atoms. The normalized spacial score (nSPS) is 17.1. The smallest absolute Gasteiger partial charge is 0.253 e. The Morgan fingerprint density at radius 3 is 2.37 bits per heavy atom. The predicted octanol–water partition coefficient (Wildman–Crippen LogP) is 4.17. The van der Waals surface area contributed by atoms with Gasteiger partial charge in [0, 0.05) is 30.9 Å². The molecule has 218 valence electrons. The summed E-state index contributed by atoms with van der Waals surface area (Å²) >= 11 is 0. The van der Waals surface area contributed by atoms with E-state index in [9.17, 15) is 14.4 Å². The van der Waals surface area contributed by atoms with Crippen molar-refractivity contribution in [2.75, 3.05) is 38.0 Å². The number of hydrogen-bond acceptors (Lipinski definition) is 6. The number of hydrogen-bond donors (Lipinski definition) is 1. The molecule has 0 radical (unpaired) electrons. The lowest BCUT2D eigenvalue weighted by Gasteiger charge is -2.43. The zero-order valence-electron chi connectivity index (χ0n) is 23.7. The fourth-order valence-corrected chi connectivity index (χ4v) is 6.39. The summed E-state index contributed by atoms with van der Waals surface area (Å²) in [5, 5.41) is 5.05. The summed E-state index contributed by atoms with van der Waals surface area (Å²) in [4.78, 5) is 46.2. The maximum absolute atomic E-state index is 14.1. The summed E-state index contributed by atoms with van der Waals surface area (Å²) in [5.74, 6) is 1.01. The number of fused-ring (bicyclic) bond motifs is 2. The van der Waals surface area contributed by atoms with E-state index in [4.69, 9.17) is 9.47 Å². The van der Waals surface area contributed by atoms with Gasteiger partial charge in [0.2, 0.25) is 12.7 Å². The number of nitrogens with one attached hydrogen (secondary N) is 1. The van der Waals surface area contributed by atoms with Gasteiger partial charge in [0.1, 0.15) is 12.1 Å². The van der Waals surface area contributed by atoms with Gasteiger partial charge in [0.15, 0.2) is 11.5 Å². The molecule has 0 aliphatic carbocycles. The third-order valence-electron chi connectivity index (χ3n) is 8.72. The summed E-state index contributed by atoms with van der Waals surface area (Å²) in [5.41, 5.74) is 1.64. The second kappa shape index (κ2) is 11.0. The van der Waals surface area contributed by atoms with E-state index in [-0.39, 0.29) is 31.1 Å². The number of nitrogens with zero attached hydrogens (tertiary/aromatic N) is 3. The molecule has 4 aromatic rings. The lowest BCUT2D eigenvalue weighted by atomic mass is 9.85. The number of anilines is 1. The van der Waals surface area contributed by atoms with Gasteiger partial charge in [-0.05, 0) is 65.6 Å². The third-order valence-corrected chi connectivity index (χ3v) is 8.72. The SMILES string of the molecule is O=C(CN1CN(c2ccccc2)C2(CCN(C(=O)c3ccc4ccccc4c3)CC2)C1=O)NCc1ccc2c(c1)OCO2. The topological polar surface area (TPSA) is 91.4 Å². The van der Waals surface area contributed by atoms with Crippen LogP contribution in [0.2, 0.25) is 0 Å². The molecular formula is C34H32N4O5. The van der Waals surface area contributed by atoms with Crippen molar-refractivity contribution in [1.82, 2.24) is 15.1 Å². The maximum atomic E-state index is 14.1. The van der Waals surface area contributed by atoms with E-state index in [2.05, 4.69) is 10.2 Å². The fourth-order valence-electron chi connectivity index (χ4n) is 6.39. The Bertz CT molecular complexity index is 1700. The van der Waals surface area contributed by atoms with Crippen molar-refractivity contribution < 1.29 is 23.9 Å². The van der Waals surface area contributed by atoms with Crippen molar-refractivity contribution in [2.45, 2.75) is 24.9 Å². The lowest BCUT2D eigenvalue weighted by molar-refractivity contribution is -0.137. The Hall–Kier alpha value is -5.05. The molecule has 2 fully saturated rings. The molecule has 7 rings (SSSR count). The molecule has 0 atom stereocenters. The first-order valence-electron chi connectivity index (χ1n) is 14.6. The van der Waals surface area contributed by atoms with Crippen LogP contribution < -0.4 is 19.7 Å². The first-order valence-corrected chi connectivity index (χ1v) is 14.6. The minimum atomic E-state index is -0.820. The van der Waals surface area contributed by atoms with Crippen LogP contribution in [0.1, 0.15) is 28.8 Å². The number of carbonyl (C=O) groups excluding carboxylic acids is 3. The molecule has 3 heterocycles. The van der Waals surface area contributed by atoms with Gasteiger partial charge in [-0.15, -0.1) is 0 Å². The van der Waals surface area contributed by atoms with Gasteiger partial charge in [-0.3, -0.25) is 14.4 Å². The van der Waals surface area contributed by atoms with Crippen LogP contribution in [-0.2, 0) is 16.1 Å². The Labute approximate surface area is 249 Å². The first-order chi connectivity index (χ1) is 21.0. The first kappa shape index (κ1) is 26.8. The highest BCUT2D eigenvalue weighted by Gasteiger charge is 2.54. The van der Waals surface area contributed by atoms with Crippen LogP contribution in [0.5, 0.6) is 11.5 Å². The van der Waals surface area contributed by atoms with Gasteiger partial charge in [0.25, 0.3) is 11.8 Å². The van der Waals surface area contributed by atoms with Crippen molar-refractivity contribution >= 4 is 34.2 Å². The minimum absolute atomic E-state index is 0.0305. The van der Waals surface area contributed by atoms with Gasteiger partial charge in [-0.2, -0.15) is 0 Å². The monoisotopic (exact) mass is 576 g/mol. The number of likely N-dealkylation sites (tertiary alicyclic amines) is 1. The molecule has 0 aromatic heterocycles. The molecule has 9 nitrogen and oxygen atoms in total. The predicted molar refractivity (Wildman–Crippen MR) is 162 cm³/mol. The second-order valence-corrected chi connectivity index (χ2v) is 11.3. The molecule has 9 heteroatoms. The van der Waals surface area contributed by atoms with Crippen LogP contribution in [0.4, 0.5) is 5.69 Å². The van der Waals surface area contributed by atoms with Crippen LogP contribution in [0.3, 0.4) is 0 Å². The summed E-state index contributed by atoms with van der Waals surface area (Å²) < 4.78 is 10.8. The highest BCUT2D eigenvalue weighted by molar-refractivity contribution is 6.00. The molecule has 43 heavy (non-hydrogen) atoms. The highest BCUT2D eigenvalue weighted by Crippen LogP contribution is 2.40. The van der Waals surface area contributed by atoms with E-state index >= 15 is 0 Å². The number of ether oxygens (including phenoxy) is 2. The van der Waals surface area contributed by atoms with E-state index in [1.807, 2.05) is 95.9 Å². The van der Waals surface area contributed by atoms with Crippen molar-refractivity contribution in [3.63, 3.8) is 0 Å². The van der Waals surface area contributed by atoms with Crippen LogP contribution in [-0.4, -0.2) is 66.2 Å². The number of carbonyl (C=O) groups is 3. The van der Waals surface area contributed by atoms with Crippen LogP contribution in [0.25, 0.3) is 10.8 Å². The average Bonchev–Trinajstić information content (AvgIpc) is 3.62. The molecule has 4 aromatic carbocycles. The van der Waals surface area contributed by atoms with Crippen molar-refractivity contribution in [2.24, 2.45) is 0 Å². The van der Waals surface area contributed by atoms with Gasteiger partial charge < -0.3 is 29.5 Å². The van der Waals surface area contributed by atoms with Crippen molar-refractivity contribution in [3.8, 4) is 11.5 Å². The number of para-hydroxylation sites is 1. The lowest BCUT2D eigenvalue weighted by Crippen LogP contribution is -2.57. The quantitative estimate of drug-likeness (QED) is 0.371. The summed E-state index contributed by atoms with van der Waals surface area (Å²) in [6.07, 6.45) is 0.963. The standard InChI is InChI=1S/C34H32N4O5/c39-31(35-20-24-10-13-29-30(18-24)43-23-42-29)21-37-22-38(28-8-2-1-3-9-28)34(33(37)41)14-16-36(17-15-34)32(40)27-12-11-25-6-4-5-7-26(25)19-27/h1-13,18-19H,14-17,20-23H2,(H,35,39). The number of piperidine rings is 1. The fraction of sp³-hybridized carbons (Fsp3) is 0.265.